The van der Waals surface area contributed by atoms with Crippen molar-refractivity contribution < 1.29 is 8.42 Å². The lowest BCUT2D eigenvalue weighted by Crippen LogP contribution is -2.50. The molecule has 0 aliphatic heterocycles. The Morgan fingerprint density at radius 2 is 1.83 bits per heavy atom. The van der Waals surface area contributed by atoms with Gasteiger partial charge < -0.3 is 5.32 Å². The molecule has 0 aliphatic carbocycles. The van der Waals surface area contributed by atoms with E-state index in [-0.39, 0.29) is 0 Å². The number of nitrogens with one attached hydrogen (secondary N) is 2. The average molecular weight is 278 g/mol. The first-order chi connectivity index (χ1) is 8.20. The van der Waals surface area contributed by atoms with E-state index in [4.69, 9.17) is 0 Å². The van der Waals surface area contributed by atoms with E-state index in [9.17, 15) is 8.42 Å². The molecule has 0 spiro atoms. The molecule has 0 amide bonds. The summed E-state index contributed by atoms with van der Waals surface area (Å²) < 4.78 is 25.0. The van der Waals surface area contributed by atoms with Crippen molar-refractivity contribution in [2.75, 3.05) is 19.3 Å². The normalized spacial score (nSPS) is 14.7. The molecule has 2 N–H and O–H groups in total. The first-order valence-corrected chi connectivity index (χ1v) is 8.79. The van der Waals surface area contributed by atoms with Crippen LogP contribution >= 0.6 is 0 Å². The van der Waals surface area contributed by atoms with Crippen molar-refractivity contribution in [2.45, 2.75) is 58.9 Å². The number of unbranched alkanes of at least 4 members (excludes halogenated alkanes) is 1. The van der Waals surface area contributed by atoms with Crippen LogP contribution in [0.2, 0.25) is 0 Å². The van der Waals surface area contributed by atoms with E-state index in [1.165, 1.54) is 31.9 Å². The summed E-state index contributed by atoms with van der Waals surface area (Å²) in [6.45, 7) is 9.83. The van der Waals surface area contributed by atoms with E-state index in [1.54, 1.807) is 0 Å². The SMILES string of the molecule is CCCCC(CC)CNCC(C)(C)NS(C)(=O)=O. The summed E-state index contributed by atoms with van der Waals surface area (Å²) in [5, 5.41) is 3.38. The summed E-state index contributed by atoms with van der Waals surface area (Å²) >= 11 is 0. The van der Waals surface area contributed by atoms with Crippen molar-refractivity contribution >= 4 is 10.0 Å². The van der Waals surface area contributed by atoms with Crippen molar-refractivity contribution in [2.24, 2.45) is 5.92 Å². The maximum Gasteiger partial charge on any atom is 0.209 e. The van der Waals surface area contributed by atoms with Gasteiger partial charge in [-0.05, 0) is 32.7 Å². The van der Waals surface area contributed by atoms with Gasteiger partial charge in [-0.3, -0.25) is 0 Å². The highest BCUT2D eigenvalue weighted by Gasteiger charge is 2.21. The van der Waals surface area contributed by atoms with Gasteiger partial charge in [0.1, 0.15) is 0 Å². The largest absolute Gasteiger partial charge is 0.315 e. The molecule has 0 bridgehead atoms. The lowest BCUT2D eigenvalue weighted by Gasteiger charge is -2.26. The fraction of sp³-hybridized carbons (Fsp3) is 1.00. The average Bonchev–Trinajstić information content (AvgIpc) is 2.19. The lowest BCUT2D eigenvalue weighted by atomic mass is 9.99. The van der Waals surface area contributed by atoms with Crippen LogP contribution in [0.25, 0.3) is 0 Å². The van der Waals surface area contributed by atoms with Crippen molar-refractivity contribution in [1.82, 2.24) is 10.0 Å². The minimum absolute atomic E-state index is 0.434. The molecule has 0 saturated heterocycles. The zero-order valence-electron chi connectivity index (χ0n) is 12.5. The Balaban J connectivity index is 4.00. The van der Waals surface area contributed by atoms with Crippen LogP contribution in [-0.4, -0.2) is 33.3 Å². The Kier molecular flexibility index (Phi) is 8.06. The summed E-state index contributed by atoms with van der Waals surface area (Å²) in [6, 6.07) is 0. The van der Waals surface area contributed by atoms with Crippen molar-refractivity contribution in [1.29, 1.82) is 0 Å². The number of hydrogen-bond acceptors (Lipinski definition) is 3. The second-order valence-corrected chi connectivity index (χ2v) is 7.55. The van der Waals surface area contributed by atoms with Gasteiger partial charge in [0.15, 0.2) is 0 Å². The number of sulfonamides is 1. The van der Waals surface area contributed by atoms with Crippen LogP contribution in [0.4, 0.5) is 0 Å². The van der Waals surface area contributed by atoms with Gasteiger partial charge in [-0.25, -0.2) is 13.1 Å². The van der Waals surface area contributed by atoms with Crippen LogP contribution in [0.15, 0.2) is 0 Å². The van der Waals surface area contributed by atoms with Gasteiger partial charge >= 0.3 is 0 Å². The monoisotopic (exact) mass is 278 g/mol. The molecule has 18 heavy (non-hydrogen) atoms. The fourth-order valence-electron chi connectivity index (χ4n) is 2.07. The van der Waals surface area contributed by atoms with Crippen molar-refractivity contribution in [3.05, 3.63) is 0 Å². The van der Waals surface area contributed by atoms with E-state index in [1.807, 2.05) is 13.8 Å². The quantitative estimate of drug-likeness (QED) is 0.643. The smallest absolute Gasteiger partial charge is 0.209 e. The topological polar surface area (TPSA) is 58.2 Å². The standard InChI is InChI=1S/C13H30N2O2S/c1-6-8-9-12(7-2)10-14-11-13(3,4)15-18(5,16)17/h12,14-15H,6-11H2,1-5H3. The highest BCUT2D eigenvalue weighted by atomic mass is 32.2. The number of hydrogen-bond donors (Lipinski definition) is 2. The van der Waals surface area contributed by atoms with Crippen LogP contribution in [0.3, 0.4) is 0 Å². The highest BCUT2D eigenvalue weighted by Crippen LogP contribution is 2.11. The van der Waals surface area contributed by atoms with Crippen LogP contribution < -0.4 is 10.0 Å². The fourth-order valence-corrected chi connectivity index (χ4v) is 3.15. The van der Waals surface area contributed by atoms with Crippen molar-refractivity contribution in [3.8, 4) is 0 Å². The zero-order valence-corrected chi connectivity index (χ0v) is 13.4. The Morgan fingerprint density at radius 1 is 1.22 bits per heavy atom. The molecule has 5 heteroatoms. The molecule has 0 aromatic carbocycles. The molecular weight excluding hydrogens is 248 g/mol. The maximum atomic E-state index is 11.2. The minimum atomic E-state index is -3.14. The molecule has 0 aromatic rings. The van der Waals surface area contributed by atoms with Gasteiger partial charge in [-0.1, -0.05) is 33.1 Å². The van der Waals surface area contributed by atoms with E-state index in [2.05, 4.69) is 23.9 Å². The molecule has 0 rings (SSSR count). The Morgan fingerprint density at radius 3 is 2.28 bits per heavy atom. The summed E-state index contributed by atoms with van der Waals surface area (Å²) in [5.41, 5.74) is -0.434. The van der Waals surface area contributed by atoms with Gasteiger partial charge in [-0.2, -0.15) is 0 Å². The third-order valence-corrected chi connectivity index (χ3v) is 3.93. The lowest BCUT2D eigenvalue weighted by molar-refractivity contribution is 0.371. The Bertz CT molecular complexity index is 313. The molecule has 0 radical (unpaired) electrons. The van der Waals surface area contributed by atoms with Gasteiger partial charge in [-0.15, -0.1) is 0 Å². The van der Waals surface area contributed by atoms with Crippen LogP contribution in [-0.2, 0) is 10.0 Å². The molecule has 0 aromatic heterocycles. The molecule has 0 heterocycles. The summed E-state index contributed by atoms with van der Waals surface area (Å²) in [7, 11) is -3.14. The molecule has 110 valence electrons. The Labute approximate surface area is 113 Å². The first-order valence-electron chi connectivity index (χ1n) is 6.90. The molecule has 0 aliphatic rings. The molecular formula is C13H30N2O2S. The molecule has 1 unspecified atom stereocenters. The molecule has 4 nitrogen and oxygen atoms in total. The third-order valence-electron chi connectivity index (χ3n) is 3.00. The Hall–Kier alpha value is -0.130. The number of rotatable bonds is 10. The van der Waals surface area contributed by atoms with E-state index >= 15 is 0 Å². The summed E-state index contributed by atoms with van der Waals surface area (Å²) in [5.74, 6) is 0.694. The third kappa shape index (κ3) is 9.85. The zero-order chi connectivity index (χ0) is 14.2. The maximum absolute atomic E-state index is 11.2. The van der Waals surface area contributed by atoms with Crippen molar-refractivity contribution in [3.63, 3.8) is 0 Å². The van der Waals surface area contributed by atoms with E-state index in [0.29, 0.717) is 12.5 Å². The van der Waals surface area contributed by atoms with Crippen LogP contribution in [0.1, 0.15) is 53.4 Å². The van der Waals surface area contributed by atoms with Gasteiger partial charge in [0.2, 0.25) is 10.0 Å². The first kappa shape index (κ1) is 17.9. The van der Waals surface area contributed by atoms with Crippen LogP contribution in [0, 0.1) is 5.92 Å². The second kappa shape index (κ2) is 8.12. The van der Waals surface area contributed by atoms with Gasteiger partial charge in [0.25, 0.3) is 0 Å². The van der Waals surface area contributed by atoms with Gasteiger partial charge in [0.05, 0.1) is 6.26 Å². The highest BCUT2D eigenvalue weighted by molar-refractivity contribution is 7.88. The predicted octanol–water partition coefficient (Wildman–Crippen LogP) is 2.12. The van der Waals surface area contributed by atoms with Crippen LogP contribution in [0.5, 0.6) is 0 Å². The molecule has 1 atom stereocenters. The van der Waals surface area contributed by atoms with Gasteiger partial charge in [0, 0.05) is 12.1 Å². The minimum Gasteiger partial charge on any atom is -0.315 e. The predicted molar refractivity (Wildman–Crippen MR) is 78.2 cm³/mol. The summed E-state index contributed by atoms with van der Waals surface area (Å²) in [6.07, 6.45) is 6.13. The van der Waals surface area contributed by atoms with E-state index < -0.39 is 15.6 Å². The molecule has 0 fully saturated rings. The molecule has 0 saturated carbocycles. The van der Waals surface area contributed by atoms with E-state index in [0.717, 1.165) is 6.54 Å². The second-order valence-electron chi connectivity index (χ2n) is 5.81. The summed E-state index contributed by atoms with van der Waals surface area (Å²) in [4.78, 5) is 0.